The number of esters is 2. The van der Waals surface area contributed by atoms with Crippen molar-refractivity contribution in [2.24, 2.45) is 5.41 Å². The van der Waals surface area contributed by atoms with Gasteiger partial charge in [0.1, 0.15) is 6.61 Å². The maximum atomic E-state index is 15.6. The van der Waals surface area contributed by atoms with E-state index in [1.54, 1.807) is 0 Å². The van der Waals surface area contributed by atoms with E-state index in [0.717, 1.165) is 29.5 Å². The Hall–Kier alpha value is -6.78. The lowest BCUT2D eigenvalue weighted by atomic mass is 9.75. The summed E-state index contributed by atoms with van der Waals surface area (Å²) in [5, 5.41) is 32.3. The molecule has 266 valence electrons. The highest BCUT2D eigenvalue weighted by molar-refractivity contribution is 6.66. The molecule has 4 aliphatic carbocycles. The van der Waals surface area contributed by atoms with Gasteiger partial charge in [-0.2, -0.15) is 0 Å². The minimum Gasteiger partial charge on any atom is -0.465 e. The molecule has 0 N–H and O–H groups in total. The summed E-state index contributed by atoms with van der Waals surface area (Å²) in [7, 11) is 0. The second kappa shape index (κ2) is 7.76. The standard InChI is InChI=1S/C54H26O4/c1-2-3-19-57-50(55)54(51(56)58-20-21-7-5-4-6-8-21)52-17-15-28-26-13-11-24-22-9-10-23-25-12-14-27-29-16-18-53(52,54)49-37(29)41-35(27)33(25)39-31(23)30(22)38-32(24)34(26)40-36(28)48(52)47(49)46-44(40)42(38)43(39)45(41)46/h4-18H,2-3,19-20H2,1H3. The molecule has 1 fully saturated rings. The summed E-state index contributed by atoms with van der Waals surface area (Å²) in [4.78, 5) is 31.1. The molecular formula is C54H26O4. The summed E-state index contributed by atoms with van der Waals surface area (Å²) in [5.74, 6) is -0.956. The fourth-order valence-electron chi connectivity index (χ4n) is 15.4. The van der Waals surface area contributed by atoms with Crippen molar-refractivity contribution in [1.29, 1.82) is 0 Å². The molecule has 4 aliphatic rings. The molecule has 0 amide bonds. The molecule has 4 nitrogen and oxygen atoms in total. The number of carbonyl (C=O) groups is 2. The van der Waals surface area contributed by atoms with Gasteiger partial charge in [-0.25, -0.2) is 0 Å². The second-order valence-corrected chi connectivity index (χ2v) is 18.4. The molecule has 0 heterocycles. The summed E-state index contributed by atoms with van der Waals surface area (Å²) in [6, 6.07) is 24.1. The number of allylic oxidation sites excluding steroid dienone is 2. The van der Waals surface area contributed by atoms with Crippen molar-refractivity contribution in [1.82, 2.24) is 0 Å². The highest BCUT2D eigenvalue weighted by atomic mass is 16.6. The Morgan fingerprint density at radius 2 is 0.879 bits per heavy atom. The molecule has 58 heavy (non-hydrogen) atoms. The third kappa shape index (κ3) is 2.07. The number of carbonyl (C=O) groups excluding carboxylic acids is 2. The third-order valence-electron chi connectivity index (χ3n) is 16.9. The van der Waals surface area contributed by atoms with Crippen LogP contribution in [0.1, 0.15) is 47.6 Å². The lowest BCUT2D eigenvalue weighted by Crippen LogP contribution is -2.40. The number of ether oxygens (including phenoxy) is 2. The van der Waals surface area contributed by atoms with Crippen LogP contribution in [0.5, 0.6) is 0 Å². The first-order valence-corrected chi connectivity index (χ1v) is 20.9. The fourth-order valence-corrected chi connectivity index (χ4v) is 15.4. The molecule has 2 unspecified atom stereocenters. The third-order valence-corrected chi connectivity index (χ3v) is 16.9. The van der Waals surface area contributed by atoms with Crippen LogP contribution < -0.4 is 0 Å². The normalized spacial score (nSPS) is 23.4. The van der Waals surface area contributed by atoms with Crippen LogP contribution in [0, 0.1) is 5.41 Å². The Bertz CT molecular complexity index is 4070. The first kappa shape index (κ1) is 27.8. The van der Waals surface area contributed by atoms with Gasteiger partial charge in [-0.05, 0) is 164 Å². The maximum absolute atomic E-state index is 15.6. The van der Waals surface area contributed by atoms with Gasteiger partial charge in [-0.3, -0.25) is 9.59 Å². The average molecular weight is 739 g/mol. The van der Waals surface area contributed by atoms with E-state index in [0.29, 0.717) is 0 Å². The molecule has 0 saturated heterocycles. The van der Waals surface area contributed by atoms with E-state index >= 15 is 9.59 Å². The molecule has 14 aromatic rings. The highest BCUT2D eigenvalue weighted by Crippen LogP contribution is 2.89. The first-order valence-electron chi connectivity index (χ1n) is 20.9. The molecule has 4 heteroatoms. The van der Waals surface area contributed by atoms with E-state index in [1.165, 1.54) is 140 Å². The van der Waals surface area contributed by atoms with E-state index in [2.05, 4.69) is 67.6 Å². The summed E-state index contributed by atoms with van der Waals surface area (Å²) in [6.45, 7) is 2.45. The first-order chi connectivity index (χ1) is 28.6. The SMILES string of the molecule is CCCCOC(=O)C1(C(=O)OCc2ccccc2)C23C=Cc4c5ccc6c7ccc8c9ccc%10c%11c%12c(c%13c2c4c2c5c6c4c7c8c5c9c%10c%12c6c%13c2c4c65)C13C=C%11. The minimum absolute atomic E-state index is 0.0841. The van der Waals surface area contributed by atoms with E-state index < -0.39 is 28.2 Å². The molecule has 0 aliphatic heterocycles. The quantitative estimate of drug-likeness (QED) is 0.0707. The van der Waals surface area contributed by atoms with Crippen molar-refractivity contribution < 1.29 is 19.1 Å². The van der Waals surface area contributed by atoms with Crippen molar-refractivity contribution in [3.8, 4) is 0 Å². The number of rotatable bonds is 7. The number of fused-ring (bicyclic) bond motifs is 4. The Morgan fingerprint density at radius 3 is 1.38 bits per heavy atom. The number of unbranched alkanes of at least 4 members (excludes halogenated alkanes) is 1. The predicted octanol–water partition coefficient (Wildman–Crippen LogP) is 12.5. The van der Waals surface area contributed by atoms with E-state index in [4.69, 9.17) is 9.47 Å². The molecule has 2 atom stereocenters. The van der Waals surface area contributed by atoms with Crippen LogP contribution >= 0.6 is 0 Å². The van der Waals surface area contributed by atoms with Crippen molar-refractivity contribution in [3.05, 3.63) is 107 Å². The van der Waals surface area contributed by atoms with E-state index in [1.807, 2.05) is 30.3 Å². The van der Waals surface area contributed by atoms with Gasteiger partial charge in [0.2, 0.25) is 0 Å². The van der Waals surface area contributed by atoms with Gasteiger partial charge in [0.05, 0.1) is 17.4 Å². The molecule has 0 aromatic heterocycles. The second-order valence-electron chi connectivity index (χ2n) is 18.4. The summed E-state index contributed by atoms with van der Waals surface area (Å²) < 4.78 is 12.8. The van der Waals surface area contributed by atoms with Gasteiger partial charge in [0.25, 0.3) is 0 Å². The zero-order valence-corrected chi connectivity index (χ0v) is 31.1. The fraction of sp³-hybridized carbons (Fsp3) is 0.148. The van der Waals surface area contributed by atoms with E-state index in [-0.39, 0.29) is 13.2 Å². The molecule has 0 bridgehead atoms. The van der Waals surface area contributed by atoms with Gasteiger partial charge < -0.3 is 9.47 Å². The summed E-state index contributed by atoms with van der Waals surface area (Å²) in [5.41, 5.74) is 1.94. The van der Waals surface area contributed by atoms with Crippen LogP contribution in [0.15, 0.2) is 78.9 Å². The average Bonchev–Trinajstić information content (AvgIpc) is 3.94. The van der Waals surface area contributed by atoms with Crippen LogP contribution in [-0.4, -0.2) is 18.5 Å². The van der Waals surface area contributed by atoms with Crippen LogP contribution in [0.2, 0.25) is 0 Å². The molecule has 0 radical (unpaired) electrons. The van der Waals surface area contributed by atoms with Gasteiger partial charge in [0.15, 0.2) is 5.41 Å². The minimum atomic E-state index is -1.63. The Balaban J connectivity index is 1.12. The monoisotopic (exact) mass is 738 g/mol. The van der Waals surface area contributed by atoms with Crippen molar-refractivity contribution in [2.75, 3.05) is 6.61 Å². The zero-order chi connectivity index (χ0) is 37.2. The number of benzene rings is 9. The Labute approximate surface area is 327 Å². The molecule has 14 aromatic carbocycles. The summed E-state index contributed by atoms with van der Waals surface area (Å²) >= 11 is 0. The molecule has 2 spiro atoms. The maximum Gasteiger partial charge on any atom is 0.326 e. The molecule has 1 saturated carbocycles. The van der Waals surface area contributed by atoms with Crippen LogP contribution in [-0.2, 0) is 36.5 Å². The summed E-state index contributed by atoms with van der Waals surface area (Å²) in [6.07, 6.45) is 10.7. The smallest absolute Gasteiger partial charge is 0.326 e. The zero-order valence-electron chi connectivity index (χ0n) is 31.1. The lowest BCUT2D eigenvalue weighted by Gasteiger charge is -2.28. The predicted molar refractivity (Wildman–Crippen MR) is 234 cm³/mol. The Kier molecular flexibility index (Phi) is 3.71. The van der Waals surface area contributed by atoms with E-state index in [9.17, 15) is 0 Å². The highest BCUT2D eigenvalue weighted by Gasteiger charge is 2.97. The number of hydrogen-bond donors (Lipinski definition) is 0. The van der Waals surface area contributed by atoms with Gasteiger partial charge >= 0.3 is 11.9 Å². The molecule has 18 rings (SSSR count). The number of hydrogen-bond acceptors (Lipinski definition) is 4. The molecular weight excluding hydrogens is 713 g/mol. The van der Waals surface area contributed by atoms with Gasteiger partial charge in [-0.15, -0.1) is 0 Å². The largest absolute Gasteiger partial charge is 0.465 e. The van der Waals surface area contributed by atoms with Crippen molar-refractivity contribution in [2.45, 2.75) is 37.2 Å². The van der Waals surface area contributed by atoms with Gasteiger partial charge in [-0.1, -0.05) is 104 Å². The lowest BCUT2D eigenvalue weighted by molar-refractivity contribution is -0.167. The Morgan fingerprint density at radius 1 is 0.466 bits per heavy atom. The topological polar surface area (TPSA) is 52.6 Å². The van der Waals surface area contributed by atoms with Crippen molar-refractivity contribution in [3.63, 3.8) is 0 Å². The van der Waals surface area contributed by atoms with Crippen LogP contribution in [0.4, 0.5) is 0 Å². The van der Waals surface area contributed by atoms with Crippen LogP contribution in [0.25, 0.3) is 141 Å². The van der Waals surface area contributed by atoms with Crippen LogP contribution in [0.3, 0.4) is 0 Å². The van der Waals surface area contributed by atoms with Gasteiger partial charge in [0, 0.05) is 0 Å². The van der Waals surface area contributed by atoms with Crippen molar-refractivity contribution >= 4 is 153 Å².